The second-order valence-electron chi connectivity index (χ2n) is 4.86. The molecule has 1 aromatic rings. The number of nitrogens with zero attached hydrogens (tertiary/aromatic N) is 1. The first kappa shape index (κ1) is 11.5. The van der Waals surface area contributed by atoms with E-state index in [1.54, 1.807) is 0 Å². The van der Waals surface area contributed by atoms with Crippen molar-refractivity contribution in [3.05, 3.63) is 29.8 Å². The standard InChI is InChI=1S/C14H22N2/c1-11(15-3)10-16-12(2)8-9-13-6-4-5-7-14(13)16/h4-7,11-12,15H,8-10H2,1-3H3. The molecule has 0 saturated heterocycles. The second kappa shape index (κ2) is 4.88. The largest absolute Gasteiger partial charge is 0.367 e. The number of likely N-dealkylation sites (N-methyl/N-ethyl adjacent to an activating group) is 1. The fraction of sp³-hybridized carbons (Fsp3) is 0.571. The number of hydrogen-bond donors (Lipinski definition) is 1. The molecule has 2 rings (SSSR count). The van der Waals surface area contributed by atoms with E-state index in [9.17, 15) is 0 Å². The number of hydrogen-bond acceptors (Lipinski definition) is 2. The zero-order valence-corrected chi connectivity index (χ0v) is 10.5. The van der Waals surface area contributed by atoms with Gasteiger partial charge in [-0.2, -0.15) is 0 Å². The Hall–Kier alpha value is -1.02. The van der Waals surface area contributed by atoms with Crippen LogP contribution >= 0.6 is 0 Å². The molecule has 0 amide bonds. The van der Waals surface area contributed by atoms with Gasteiger partial charge in [-0.15, -0.1) is 0 Å². The third-order valence-electron chi connectivity index (χ3n) is 3.63. The van der Waals surface area contributed by atoms with Gasteiger partial charge >= 0.3 is 0 Å². The summed E-state index contributed by atoms with van der Waals surface area (Å²) in [5.74, 6) is 0. The van der Waals surface area contributed by atoms with E-state index in [2.05, 4.69) is 48.3 Å². The summed E-state index contributed by atoms with van der Waals surface area (Å²) >= 11 is 0. The summed E-state index contributed by atoms with van der Waals surface area (Å²) in [6, 6.07) is 10.0. The molecule has 2 nitrogen and oxygen atoms in total. The lowest BCUT2D eigenvalue weighted by Gasteiger charge is -2.38. The number of para-hydroxylation sites is 1. The molecule has 0 aliphatic carbocycles. The van der Waals surface area contributed by atoms with Crippen molar-refractivity contribution < 1.29 is 0 Å². The Kier molecular flexibility index (Phi) is 3.49. The van der Waals surface area contributed by atoms with Crippen LogP contribution in [0.1, 0.15) is 25.8 Å². The average molecular weight is 218 g/mol. The van der Waals surface area contributed by atoms with Gasteiger partial charge in [0.25, 0.3) is 0 Å². The Balaban J connectivity index is 2.22. The van der Waals surface area contributed by atoms with Crippen LogP contribution in [0.4, 0.5) is 5.69 Å². The number of fused-ring (bicyclic) bond motifs is 1. The quantitative estimate of drug-likeness (QED) is 0.838. The van der Waals surface area contributed by atoms with Gasteiger partial charge in [0.2, 0.25) is 0 Å². The molecule has 0 spiro atoms. The minimum Gasteiger partial charge on any atom is -0.367 e. The zero-order chi connectivity index (χ0) is 11.5. The van der Waals surface area contributed by atoms with Crippen LogP contribution < -0.4 is 10.2 Å². The fourth-order valence-electron chi connectivity index (χ4n) is 2.42. The third kappa shape index (κ3) is 2.22. The van der Waals surface area contributed by atoms with Crippen LogP contribution in [0.3, 0.4) is 0 Å². The maximum atomic E-state index is 3.32. The number of anilines is 1. The Labute approximate surface area is 98.7 Å². The molecular weight excluding hydrogens is 196 g/mol. The maximum absolute atomic E-state index is 3.32. The van der Waals surface area contributed by atoms with Gasteiger partial charge in [0.1, 0.15) is 0 Å². The second-order valence-corrected chi connectivity index (χ2v) is 4.86. The number of benzene rings is 1. The number of rotatable bonds is 3. The van der Waals surface area contributed by atoms with Crippen LogP contribution in [0.2, 0.25) is 0 Å². The van der Waals surface area contributed by atoms with E-state index >= 15 is 0 Å². The van der Waals surface area contributed by atoms with Crippen LogP contribution in [0.5, 0.6) is 0 Å². The predicted molar refractivity (Wildman–Crippen MR) is 70.1 cm³/mol. The minimum absolute atomic E-state index is 0.536. The van der Waals surface area contributed by atoms with Gasteiger partial charge in [-0.3, -0.25) is 0 Å². The molecule has 1 heterocycles. The van der Waals surface area contributed by atoms with Crippen molar-refractivity contribution in [2.45, 2.75) is 38.8 Å². The summed E-state index contributed by atoms with van der Waals surface area (Å²) in [5, 5.41) is 3.32. The van der Waals surface area contributed by atoms with Crippen LogP contribution in [-0.4, -0.2) is 25.7 Å². The molecule has 1 aliphatic rings. The van der Waals surface area contributed by atoms with Crippen molar-refractivity contribution in [3.63, 3.8) is 0 Å². The number of nitrogens with one attached hydrogen (secondary N) is 1. The zero-order valence-electron chi connectivity index (χ0n) is 10.5. The summed E-state index contributed by atoms with van der Waals surface area (Å²) < 4.78 is 0. The Morgan fingerprint density at radius 2 is 2.19 bits per heavy atom. The van der Waals surface area contributed by atoms with E-state index in [0.717, 1.165) is 6.54 Å². The molecule has 2 unspecified atom stereocenters. The van der Waals surface area contributed by atoms with Gasteiger partial charge in [0.05, 0.1) is 0 Å². The molecule has 1 aromatic carbocycles. The molecule has 2 heteroatoms. The summed E-state index contributed by atoms with van der Waals surface area (Å²) in [7, 11) is 2.03. The van der Waals surface area contributed by atoms with Gasteiger partial charge in [0.15, 0.2) is 0 Å². The van der Waals surface area contributed by atoms with Gasteiger partial charge < -0.3 is 10.2 Å². The Morgan fingerprint density at radius 3 is 2.94 bits per heavy atom. The molecule has 1 aliphatic heterocycles. The SMILES string of the molecule is CNC(C)CN1c2ccccc2CCC1C. The summed E-state index contributed by atoms with van der Waals surface area (Å²) in [6.07, 6.45) is 2.50. The molecule has 16 heavy (non-hydrogen) atoms. The minimum atomic E-state index is 0.536. The molecule has 0 radical (unpaired) electrons. The highest BCUT2D eigenvalue weighted by atomic mass is 15.2. The first-order valence-corrected chi connectivity index (χ1v) is 6.24. The molecule has 0 saturated carbocycles. The first-order chi connectivity index (χ1) is 7.72. The van der Waals surface area contributed by atoms with Crippen molar-refractivity contribution in [2.24, 2.45) is 0 Å². The van der Waals surface area contributed by atoms with Crippen molar-refractivity contribution in [3.8, 4) is 0 Å². The lowest BCUT2D eigenvalue weighted by Crippen LogP contribution is -2.44. The molecule has 0 aromatic heterocycles. The molecule has 0 bridgehead atoms. The van der Waals surface area contributed by atoms with E-state index in [1.165, 1.54) is 24.1 Å². The molecule has 0 fully saturated rings. The summed E-state index contributed by atoms with van der Waals surface area (Å²) in [6.45, 7) is 5.66. The average Bonchev–Trinajstić information content (AvgIpc) is 2.32. The fourth-order valence-corrected chi connectivity index (χ4v) is 2.42. The lowest BCUT2D eigenvalue weighted by atomic mass is 9.96. The smallest absolute Gasteiger partial charge is 0.0401 e. The third-order valence-corrected chi connectivity index (χ3v) is 3.63. The highest BCUT2D eigenvalue weighted by Gasteiger charge is 2.23. The summed E-state index contributed by atoms with van der Waals surface area (Å²) in [5.41, 5.74) is 2.94. The van der Waals surface area contributed by atoms with Crippen molar-refractivity contribution in [1.29, 1.82) is 0 Å². The normalized spacial score (nSPS) is 21.7. The van der Waals surface area contributed by atoms with E-state index in [1.807, 2.05) is 7.05 Å². The first-order valence-electron chi connectivity index (χ1n) is 6.24. The lowest BCUT2D eigenvalue weighted by molar-refractivity contribution is 0.507. The van der Waals surface area contributed by atoms with E-state index in [4.69, 9.17) is 0 Å². The van der Waals surface area contributed by atoms with E-state index in [0.29, 0.717) is 12.1 Å². The van der Waals surface area contributed by atoms with Gasteiger partial charge in [0, 0.05) is 24.3 Å². The van der Waals surface area contributed by atoms with Gasteiger partial charge in [-0.25, -0.2) is 0 Å². The van der Waals surface area contributed by atoms with Crippen molar-refractivity contribution in [1.82, 2.24) is 5.32 Å². The highest BCUT2D eigenvalue weighted by Crippen LogP contribution is 2.30. The van der Waals surface area contributed by atoms with Crippen LogP contribution in [0.15, 0.2) is 24.3 Å². The van der Waals surface area contributed by atoms with Crippen LogP contribution in [0, 0.1) is 0 Å². The highest BCUT2D eigenvalue weighted by molar-refractivity contribution is 5.56. The summed E-state index contributed by atoms with van der Waals surface area (Å²) in [4.78, 5) is 2.54. The Morgan fingerprint density at radius 1 is 1.44 bits per heavy atom. The van der Waals surface area contributed by atoms with Gasteiger partial charge in [-0.05, 0) is 45.4 Å². The van der Waals surface area contributed by atoms with E-state index in [-0.39, 0.29) is 0 Å². The topological polar surface area (TPSA) is 15.3 Å². The van der Waals surface area contributed by atoms with Crippen LogP contribution in [-0.2, 0) is 6.42 Å². The predicted octanol–water partition coefficient (Wildman–Crippen LogP) is 2.44. The molecule has 1 N–H and O–H groups in total. The van der Waals surface area contributed by atoms with Crippen LogP contribution in [0.25, 0.3) is 0 Å². The molecule has 88 valence electrons. The number of aryl methyl sites for hydroxylation is 1. The van der Waals surface area contributed by atoms with Gasteiger partial charge in [-0.1, -0.05) is 18.2 Å². The molecule has 2 atom stereocenters. The molecular formula is C14H22N2. The van der Waals surface area contributed by atoms with Crippen molar-refractivity contribution >= 4 is 5.69 Å². The monoisotopic (exact) mass is 218 g/mol. The van der Waals surface area contributed by atoms with Crippen molar-refractivity contribution in [2.75, 3.05) is 18.5 Å². The van der Waals surface area contributed by atoms with E-state index < -0.39 is 0 Å². The Bertz CT molecular complexity index is 348. The maximum Gasteiger partial charge on any atom is 0.0401 e.